The van der Waals surface area contributed by atoms with E-state index < -0.39 is 7.14 Å². The maximum Gasteiger partial charge on any atom is 0.231 e. The number of rotatable bonds is 5. The van der Waals surface area contributed by atoms with E-state index in [1.807, 2.05) is 78.9 Å². The summed E-state index contributed by atoms with van der Waals surface area (Å²) in [6.07, 6.45) is 0. The van der Waals surface area contributed by atoms with Crippen LogP contribution in [0, 0.1) is 0 Å². The number of hydrogen-bond acceptors (Lipinski definition) is 5. The van der Waals surface area contributed by atoms with Crippen molar-refractivity contribution >= 4 is 40.7 Å². The molecule has 0 aliphatic carbocycles. The summed E-state index contributed by atoms with van der Waals surface area (Å²) in [6.45, 7) is 2.41. The highest BCUT2D eigenvalue weighted by Gasteiger charge is 2.39. The average Bonchev–Trinajstić information content (AvgIpc) is 3.31. The predicted molar refractivity (Wildman–Crippen MR) is 129 cm³/mol. The fourth-order valence-corrected chi connectivity index (χ4v) is 6.78. The zero-order chi connectivity index (χ0) is 22.0. The Hall–Kier alpha value is -2.85. The van der Waals surface area contributed by atoms with Crippen molar-refractivity contribution in [3.05, 3.63) is 90.0 Å². The van der Waals surface area contributed by atoms with Crippen LogP contribution in [0.15, 0.2) is 89.3 Å². The molecule has 1 fully saturated rings. The molecule has 0 N–H and O–H groups in total. The molecule has 4 aromatic rings. The Balaban J connectivity index is 1.77. The second kappa shape index (κ2) is 8.95. The van der Waals surface area contributed by atoms with Crippen LogP contribution in [0.4, 0.5) is 5.88 Å². The number of nitrogens with zero attached hydrogens (tertiary/aromatic N) is 2. The van der Waals surface area contributed by atoms with Crippen molar-refractivity contribution in [1.29, 1.82) is 0 Å². The quantitative estimate of drug-likeness (QED) is 0.408. The van der Waals surface area contributed by atoms with Crippen LogP contribution in [0.3, 0.4) is 0 Å². The van der Waals surface area contributed by atoms with Crippen LogP contribution in [0.5, 0.6) is 0 Å². The number of halogens is 1. The van der Waals surface area contributed by atoms with Gasteiger partial charge in [-0.05, 0) is 12.1 Å². The topological polar surface area (TPSA) is 55.6 Å². The van der Waals surface area contributed by atoms with Crippen molar-refractivity contribution in [2.75, 3.05) is 31.2 Å². The lowest BCUT2D eigenvalue weighted by Crippen LogP contribution is -2.39. The molecule has 5 nitrogen and oxygen atoms in total. The van der Waals surface area contributed by atoms with Crippen LogP contribution in [0.25, 0.3) is 11.5 Å². The Bertz CT molecular complexity index is 1210. The summed E-state index contributed by atoms with van der Waals surface area (Å²) >= 11 is 6.45. The predicted octanol–water partition coefficient (Wildman–Crippen LogP) is 4.47. The number of ether oxygens (including phenoxy) is 1. The van der Waals surface area contributed by atoms with Gasteiger partial charge in [-0.15, -0.1) is 0 Å². The van der Waals surface area contributed by atoms with Crippen LogP contribution < -0.4 is 20.9 Å². The minimum absolute atomic E-state index is 0.360. The lowest BCUT2D eigenvalue weighted by molar-refractivity contribution is 0.121. The van der Waals surface area contributed by atoms with Crippen LogP contribution >= 0.6 is 18.7 Å². The minimum Gasteiger partial charge on any atom is -0.420 e. The normalized spacial score (nSPS) is 14.5. The lowest BCUT2D eigenvalue weighted by atomic mass is 10.2. The summed E-state index contributed by atoms with van der Waals surface area (Å²) in [6, 6.07) is 26.4. The monoisotopic (exact) mass is 464 g/mol. The molecule has 32 heavy (non-hydrogen) atoms. The molecule has 0 unspecified atom stereocenters. The van der Waals surface area contributed by atoms with Crippen LogP contribution in [0.1, 0.15) is 0 Å². The number of aromatic nitrogens is 1. The number of morpholine rings is 1. The maximum atomic E-state index is 15.0. The molecule has 1 aromatic heterocycles. The molecule has 0 amide bonds. The van der Waals surface area contributed by atoms with Crippen molar-refractivity contribution in [2.24, 2.45) is 0 Å². The van der Waals surface area contributed by atoms with Crippen molar-refractivity contribution in [2.45, 2.75) is 0 Å². The van der Waals surface area contributed by atoms with E-state index >= 15 is 0 Å². The SMILES string of the molecule is O=P(c1ccccc1)(c1ccccc1)c1nc(-c2ccccc2Cl)oc1N1CCOCC1. The molecular formula is C25H22ClN2O3P. The maximum absolute atomic E-state index is 15.0. The molecule has 1 aliphatic rings. The molecular weight excluding hydrogens is 443 g/mol. The Morgan fingerprint density at radius 1 is 0.812 bits per heavy atom. The number of hydrogen-bond donors (Lipinski definition) is 0. The summed E-state index contributed by atoms with van der Waals surface area (Å²) in [5.41, 5.74) is 1.11. The van der Waals surface area contributed by atoms with Gasteiger partial charge < -0.3 is 18.6 Å². The molecule has 0 bridgehead atoms. The van der Waals surface area contributed by atoms with Crippen LogP contribution in [-0.2, 0) is 9.30 Å². The second-order valence-corrected chi connectivity index (χ2v) is 10.6. The highest BCUT2D eigenvalue weighted by molar-refractivity contribution is 7.85. The smallest absolute Gasteiger partial charge is 0.231 e. The number of oxazole rings is 1. The van der Waals surface area contributed by atoms with E-state index in [4.69, 9.17) is 25.7 Å². The van der Waals surface area contributed by atoms with E-state index in [9.17, 15) is 4.57 Å². The standard InChI is InChI=1S/C25H22ClN2O3P/c26-22-14-8-7-13-21(22)23-27-24(25(31-23)28-15-17-30-18-16-28)32(29,19-9-3-1-4-10-19)20-11-5-2-6-12-20/h1-14H,15-18H2. The summed E-state index contributed by atoms with van der Waals surface area (Å²) in [4.78, 5) is 6.90. The fraction of sp³-hybridized carbons (Fsp3) is 0.160. The number of anilines is 1. The van der Waals surface area contributed by atoms with Gasteiger partial charge in [0.25, 0.3) is 0 Å². The molecule has 162 valence electrons. The first-order chi connectivity index (χ1) is 15.7. The van der Waals surface area contributed by atoms with Crippen LogP contribution in [-0.4, -0.2) is 31.3 Å². The van der Waals surface area contributed by atoms with Gasteiger partial charge in [0.15, 0.2) is 12.6 Å². The first-order valence-electron chi connectivity index (χ1n) is 10.5. The van der Waals surface area contributed by atoms with Crippen LogP contribution in [0.2, 0.25) is 5.02 Å². The molecule has 3 aromatic carbocycles. The lowest BCUT2D eigenvalue weighted by Gasteiger charge is -2.28. The summed E-state index contributed by atoms with van der Waals surface area (Å²) in [5, 5.41) is 1.95. The van der Waals surface area contributed by atoms with Crippen molar-refractivity contribution in [3.8, 4) is 11.5 Å². The van der Waals surface area contributed by atoms with Crippen molar-refractivity contribution < 1.29 is 13.7 Å². The fourth-order valence-electron chi connectivity index (χ4n) is 3.90. The summed E-state index contributed by atoms with van der Waals surface area (Å²) < 4.78 is 26.8. The summed E-state index contributed by atoms with van der Waals surface area (Å²) in [5.74, 6) is 0.874. The third-order valence-electron chi connectivity index (χ3n) is 5.53. The Kier molecular flexibility index (Phi) is 5.88. The molecule has 1 saturated heterocycles. The first kappa shape index (κ1) is 21.0. The van der Waals surface area contributed by atoms with Gasteiger partial charge in [0.1, 0.15) is 0 Å². The number of benzene rings is 3. The van der Waals surface area contributed by atoms with Crippen molar-refractivity contribution in [3.63, 3.8) is 0 Å². The van der Waals surface area contributed by atoms with Gasteiger partial charge in [-0.1, -0.05) is 84.4 Å². The summed E-state index contributed by atoms with van der Waals surface area (Å²) in [7, 11) is -3.33. The van der Waals surface area contributed by atoms with Gasteiger partial charge in [0.2, 0.25) is 11.8 Å². The third-order valence-corrected chi connectivity index (χ3v) is 8.80. The van der Waals surface area contributed by atoms with Gasteiger partial charge in [0, 0.05) is 23.7 Å². The molecule has 0 atom stereocenters. The zero-order valence-corrected chi connectivity index (χ0v) is 19.0. The van der Waals surface area contributed by atoms with E-state index in [2.05, 4.69) is 4.90 Å². The average molecular weight is 465 g/mol. The highest BCUT2D eigenvalue weighted by Crippen LogP contribution is 2.46. The molecule has 0 spiro atoms. The molecule has 0 saturated carbocycles. The van der Waals surface area contributed by atoms with Gasteiger partial charge in [-0.3, -0.25) is 0 Å². The van der Waals surface area contributed by atoms with E-state index in [0.717, 1.165) is 0 Å². The Labute approximate surface area is 192 Å². The minimum atomic E-state index is -3.33. The van der Waals surface area contributed by atoms with Crippen molar-refractivity contribution in [1.82, 2.24) is 4.98 Å². The van der Waals surface area contributed by atoms with Gasteiger partial charge in [-0.25, -0.2) is 4.98 Å². The van der Waals surface area contributed by atoms with E-state index in [1.165, 1.54) is 0 Å². The highest BCUT2D eigenvalue weighted by atomic mass is 35.5. The van der Waals surface area contributed by atoms with E-state index in [1.54, 1.807) is 6.07 Å². The van der Waals surface area contributed by atoms with Gasteiger partial charge >= 0.3 is 0 Å². The van der Waals surface area contributed by atoms with Gasteiger partial charge in [0.05, 0.1) is 23.8 Å². The van der Waals surface area contributed by atoms with E-state index in [-0.39, 0.29) is 0 Å². The second-order valence-electron chi connectivity index (χ2n) is 7.51. The zero-order valence-electron chi connectivity index (χ0n) is 17.4. The molecule has 7 heteroatoms. The Morgan fingerprint density at radius 3 is 1.97 bits per heavy atom. The van der Waals surface area contributed by atoms with E-state index in [0.29, 0.717) is 64.7 Å². The molecule has 1 aliphatic heterocycles. The molecule has 0 radical (unpaired) electrons. The molecule has 2 heterocycles. The largest absolute Gasteiger partial charge is 0.420 e. The van der Waals surface area contributed by atoms with Gasteiger partial charge in [-0.2, -0.15) is 0 Å². The first-order valence-corrected chi connectivity index (χ1v) is 12.6. The molecule has 5 rings (SSSR count). The Morgan fingerprint density at radius 2 is 1.38 bits per heavy atom. The third kappa shape index (κ3) is 3.77.